The second-order valence-electron chi connectivity index (χ2n) is 3.86. The molecule has 0 fully saturated rings. The molecule has 8 nitrogen and oxygen atoms in total. The van der Waals surface area contributed by atoms with Crippen LogP contribution in [0.4, 0.5) is 0 Å². The Hall–Kier alpha value is -2.25. The lowest BCUT2D eigenvalue weighted by Crippen LogP contribution is -2.54. The van der Waals surface area contributed by atoms with Gasteiger partial charge in [-0.15, -0.1) is 0 Å². The van der Waals surface area contributed by atoms with E-state index in [-0.39, 0.29) is 11.7 Å². The van der Waals surface area contributed by atoms with Crippen LogP contribution < -0.4 is 11.5 Å². The number of aliphatic imine (C=N–C) groups is 1. The highest BCUT2D eigenvalue weighted by Crippen LogP contribution is 2.18. The van der Waals surface area contributed by atoms with Gasteiger partial charge in [0, 0.05) is 6.54 Å². The molecule has 18 heavy (non-hydrogen) atoms. The summed E-state index contributed by atoms with van der Waals surface area (Å²) in [6, 6.07) is -1.21. The van der Waals surface area contributed by atoms with Gasteiger partial charge < -0.3 is 26.6 Å². The second-order valence-corrected chi connectivity index (χ2v) is 3.86. The summed E-state index contributed by atoms with van der Waals surface area (Å²) in [5, 5.41) is 18.0. The number of nitrogens with zero attached hydrogens (tertiary/aromatic N) is 2. The topological polar surface area (TPSA) is 142 Å². The molecule has 0 aromatic rings. The third kappa shape index (κ3) is 2.53. The van der Waals surface area contributed by atoms with E-state index < -0.39 is 23.7 Å². The molecule has 1 unspecified atom stereocenters. The summed E-state index contributed by atoms with van der Waals surface area (Å²) in [5.74, 6) is -2.98. The highest BCUT2D eigenvalue weighted by atomic mass is 16.4. The van der Waals surface area contributed by atoms with Gasteiger partial charge in [0.25, 0.3) is 0 Å². The average molecular weight is 256 g/mol. The first kappa shape index (κ1) is 13.8. The van der Waals surface area contributed by atoms with Crippen molar-refractivity contribution in [3.05, 3.63) is 11.5 Å². The van der Waals surface area contributed by atoms with Gasteiger partial charge in [-0.05, 0) is 6.42 Å². The van der Waals surface area contributed by atoms with Crippen LogP contribution in [0.1, 0.15) is 19.8 Å². The highest BCUT2D eigenvalue weighted by molar-refractivity contribution is 6.07. The van der Waals surface area contributed by atoms with Crippen molar-refractivity contribution < 1.29 is 19.8 Å². The molecule has 0 aromatic heterocycles. The van der Waals surface area contributed by atoms with E-state index >= 15 is 0 Å². The van der Waals surface area contributed by atoms with Crippen molar-refractivity contribution in [3.8, 4) is 0 Å². The molecule has 0 bridgehead atoms. The van der Waals surface area contributed by atoms with Gasteiger partial charge in [0.1, 0.15) is 11.7 Å². The van der Waals surface area contributed by atoms with Gasteiger partial charge in [0.2, 0.25) is 0 Å². The summed E-state index contributed by atoms with van der Waals surface area (Å²) in [5.41, 5.74) is 10.7. The fraction of sp³-hybridized carbons (Fsp3) is 0.500. The molecule has 1 aliphatic rings. The first-order valence-corrected chi connectivity index (χ1v) is 5.46. The number of unbranched alkanes of at least 4 members (excludes halogenated alkanes) is 1. The van der Waals surface area contributed by atoms with Gasteiger partial charge in [-0.1, -0.05) is 13.3 Å². The van der Waals surface area contributed by atoms with Crippen molar-refractivity contribution in [1.82, 2.24) is 4.90 Å². The monoisotopic (exact) mass is 256 g/mol. The summed E-state index contributed by atoms with van der Waals surface area (Å²) in [6.07, 6.45) is 1.49. The van der Waals surface area contributed by atoms with Crippen LogP contribution in [0.5, 0.6) is 0 Å². The Morgan fingerprint density at radius 1 is 1.39 bits per heavy atom. The van der Waals surface area contributed by atoms with E-state index in [1.54, 1.807) is 0 Å². The summed E-state index contributed by atoms with van der Waals surface area (Å²) < 4.78 is 0. The van der Waals surface area contributed by atoms with Crippen molar-refractivity contribution >= 4 is 17.8 Å². The highest BCUT2D eigenvalue weighted by Gasteiger charge is 2.36. The average Bonchev–Trinajstić information content (AvgIpc) is 2.28. The Bertz CT molecular complexity index is 430. The predicted molar refractivity (Wildman–Crippen MR) is 63.5 cm³/mol. The van der Waals surface area contributed by atoms with Crippen LogP contribution in [-0.2, 0) is 9.59 Å². The van der Waals surface area contributed by atoms with Gasteiger partial charge >= 0.3 is 11.9 Å². The minimum Gasteiger partial charge on any atom is -0.479 e. The number of nitrogens with two attached hydrogens (primary N) is 2. The number of rotatable bonds is 5. The molecule has 8 heteroatoms. The van der Waals surface area contributed by atoms with Crippen molar-refractivity contribution in [2.45, 2.75) is 25.8 Å². The second kappa shape index (κ2) is 5.39. The molecule has 100 valence electrons. The van der Waals surface area contributed by atoms with Crippen molar-refractivity contribution in [3.63, 3.8) is 0 Å². The maximum atomic E-state index is 11.1. The van der Waals surface area contributed by atoms with Crippen LogP contribution in [0.2, 0.25) is 0 Å². The Balaban J connectivity index is 3.16. The molecule has 1 rings (SSSR count). The maximum absolute atomic E-state index is 11.1. The van der Waals surface area contributed by atoms with E-state index in [1.807, 2.05) is 6.92 Å². The molecular formula is C10H16N4O4. The number of amidine groups is 1. The molecule has 6 N–H and O–H groups in total. The van der Waals surface area contributed by atoms with Gasteiger partial charge in [0.05, 0.1) is 0 Å². The Morgan fingerprint density at radius 2 is 2.00 bits per heavy atom. The number of carboxylic acids is 2. The third-order valence-electron chi connectivity index (χ3n) is 2.57. The fourth-order valence-corrected chi connectivity index (χ4v) is 1.68. The number of aliphatic carboxylic acids is 2. The Morgan fingerprint density at radius 3 is 2.44 bits per heavy atom. The zero-order valence-electron chi connectivity index (χ0n) is 9.96. The summed E-state index contributed by atoms with van der Waals surface area (Å²) in [4.78, 5) is 26.9. The molecule has 0 saturated carbocycles. The van der Waals surface area contributed by atoms with Gasteiger partial charge in [0.15, 0.2) is 11.7 Å². The van der Waals surface area contributed by atoms with Crippen LogP contribution in [0.15, 0.2) is 16.5 Å². The van der Waals surface area contributed by atoms with Crippen LogP contribution in [0.3, 0.4) is 0 Å². The first-order chi connectivity index (χ1) is 8.40. The zero-order valence-corrected chi connectivity index (χ0v) is 9.96. The predicted octanol–water partition coefficient (Wildman–Crippen LogP) is -0.875. The van der Waals surface area contributed by atoms with Crippen LogP contribution in [0, 0.1) is 0 Å². The SMILES string of the molecule is CCCCN1C(N)=C(C(=O)O)N=C(N)C1C(=O)O. The van der Waals surface area contributed by atoms with Crippen LogP contribution in [-0.4, -0.2) is 45.5 Å². The van der Waals surface area contributed by atoms with E-state index in [0.717, 1.165) is 6.42 Å². The lowest BCUT2D eigenvalue weighted by molar-refractivity contribution is -0.140. The molecular weight excluding hydrogens is 240 g/mol. The molecule has 1 heterocycles. The van der Waals surface area contributed by atoms with E-state index in [9.17, 15) is 9.59 Å². The summed E-state index contributed by atoms with van der Waals surface area (Å²) >= 11 is 0. The molecule has 1 aliphatic heterocycles. The number of carboxylic acid groups (broad SMARTS) is 2. The molecule has 0 amide bonds. The fourth-order valence-electron chi connectivity index (χ4n) is 1.68. The molecule has 0 aliphatic carbocycles. The molecule has 1 atom stereocenters. The smallest absolute Gasteiger partial charge is 0.358 e. The Labute approximate surface area is 104 Å². The van der Waals surface area contributed by atoms with Crippen molar-refractivity contribution in [2.24, 2.45) is 16.5 Å². The zero-order chi connectivity index (χ0) is 13.9. The van der Waals surface area contributed by atoms with Crippen molar-refractivity contribution in [1.29, 1.82) is 0 Å². The third-order valence-corrected chi connectivity index (χ3v) is 2.57. The number of hydrogen-bond acceptors (Lipinski definition) is 6. The quantitative estimate of drug-likeness (QED) is 0.500. The number of hydrogen-bond donors (Lipinski definition) is 4. The maximum Gasteiger partial charge on any atom is 0.358 e. The molecule has 0 aromatic carbocycles. The molecule has 0 saturated heterocycles. The van der Waals surface area contributed by atoms with Gasteiger partial charge in [-0.3, -0.25) is 0 Å². The largest absolute Gasteiger partial charge is 0.479 e. The normalized spacial score (nSPS) is 19.7. The molecule has 0 spiro atoms. The summed E-state index contributed by atoms with van der Waals surface area (Å²) in [6.45, 7) is 2.24. The lowest BCUT2D eigenvalue weighted by atomic mass is 10.1. The number of carbonyl (C=O) groups is 2. The summed E-state index contributed by atoms with van der Waals surface area (Å²) in [7, 11) is 0. The first-order valence-electron chi connectivity index (χ1n) is 5.46. The van der Waals surface area contributed by atoms with E-state index in [4.69, 9.17) is 21.7 Å². The van der Waals surface area contributed by atoms with Crippen LogP contribution >= 0.6 is 0 Å². The minimum absolute atomic E-state index is 0.169. The Kier molecular flexibility index (Phi) is 4.13. The van der Waals surface area contributed by atoms with Gasteiger partial charge in [-0.25, -0.2) is 14.6 Å². The minimum atomic E-state index is -1.33. The van der Waals surface area contributed by atoms with E-state index in [1.165, 1.54) is 4.90 Å². The molecule has 0 radical (unpaired) electrons. The van der Waals surface area contributed by atoms with Crippen molar-refractivity contribution in [2.75, 3.05) is 6.54 Å². The standard InChI is InChI=1S/C10H16N4O4/c1-2-3-4-14-6(10(17)18)7(11)13-5(8(14)12)9(15)16/h6H,2-4,12H2,1H3,(H2,11,13)(H,15,16)(H,17,18). The van der Waals surface area contributed by atoms with Gasteiger partial charge in [-0.2, -0.15) is 0 Å². The lowest BCUT2D eigenvalue weighted by Gasteiger charge is -2.33. The van der Waals surface area contributed by atoms with E-state index in [2.05, 4.69) is 4.99 Å². The van der Waals surface area contributed by atoms with E-state index in [0.29, 0.717) is 13.0 Å². The van der Waals surface area contributed by atoms with Crippen LogP contribution in [0.25, 0.3) is 0 Å².